The van der Waals surface area contributed by atoms with Crippen molar-refractivity contribution in [2.45, 2.75) is 24.5 Å². The normalized spacial score (nSPS) is 28.1. The van der Waals surface area contributed by atoms with E-state index in [1.165, 1.54) is 6.92 Å². The average Bonchev–Trinajstić information content (AvgIpc) is 2.54. The molecule has 0 aromatic heterocycles. The van der Waals surface area contributed by atoms with E-state index in [2.05, 4.69) is 0 Å². The first-order chi connectivity index (χ1) is 5.43. The van der Waals surface area contributed by atoms with E-state index in [1.807, 2.05) is 0 Å². The van der Waals surface area contributed by atoms with E-state index in [4.69, 9.17) is 5.11 Å². The summed E-state index contributed by atoms with van der Waals surface area (Å²) in [6, 6.07) is 0. The van der Waals surface area contributed by atoms with Crippen LogP contribution in [0.5, 0.6) is 0 Å². The molecule has 1 fully saturated rings. The van der Waals surface area contributed by atoms with Gasteiger partial charge in [0.15, 0.2) is 0 Å². The van der Waals surface area contributed by atoms with Gasteiger partial charge in [0.2, 0.25) is 0 Å². The third-order valence-corrected chi connectivity index (χ3v) is 3.15. The number of hydrogen-bond acceptors (Lipinski definition) is 2. The lowest BCUT2D eigenvalue weighted by Gasteiger charge is -2.04. The third-order valence-electron chi connectivity index (χ3n) is 1.85. The van der Waals surface area contributed by atoms with Crippen molar-refractivity contribution in [3.8, 4) is 0 Å². The van der Waals surface area contributed by atoms with Gasteiger partial charge in [0.05, 0.1) is 5.25 Å². The summed E-state index contributed by atoms with van der Waals surface area (Å²) in [7, 11) is 0. The zero-order valence-corrected chi connectivity index (χ0v) is 7.41. The fourth-order valence-electron chi connectivity index (χ4n) is 0.782. The maximum absolute atomic E-state index is 12.3. The number of carbonyl (C=O) groups is 1. The summed E-state index contributed by atoms with van der Waals surface area (Å²) in [4.78, 5) is 10.3. The van der Waals surface area contributed by atoms with Gasteiger partial charge < -0.3 is 5.11 Å². The second-order valence-electron chi connectivity index (χ2n) is 2.98. The van der Waals surface area contributed by atoms with Crippen molar-refractivity contribution in [3.63, 3.8) is 0 Å². The first kappa shape index (κ1) is 9.77. The molecule has 1 aliphatic rings. The Morgan fingerprint density at radius 3 is 2.67 bits per heavy atom. The van der Waals surface area contributed by atoms with Crippen molar-refractivity contribution >= 4 is 17.7 Å². The van der Waals surface area contributed by atoms with Crippen molar-refractivity contribution in [2.24, 2.45) is 5.92 Å². The summed E-state index contributed by atoms with van der Waals surface area (Å²) in [5.41, 5.74) is 0. The number of alkyl halides is 2. The molecule has 0 heterocycles. The zero-order valence-electron chi connectivity index (χ0n) is 6.59. The molecule has 0 aromatic carbocycles. The number of aliphatic carboxylic acids is 1. The van der Waals surface area contributed by atoms with Crippen LogP contribution in [0.3, 0.4) is 0 Å². The maximum atomic E-state index is 12.3. The lowest BCUT2D eigenvalue weighted by molar-refractivity contribution is -0.136. The van der Waals surface area contributed by atoms with E-state index < -0.39 is 23.1 Å². The van der Waals surface area contributed by atoms with Gasteiger partial charge in [-0.2, -0.15) is 0 Å². The Morgan fingerprint density at radius 2 is 2.33 bits per heavy atom. The topological polar surface area (TPSA) is 37.3 Å². The fourth-order valence-corrected chi connectivity index (χ4v) is 1.81. The summed E-state index contributed by atoms with van der Waals surface area (Å²) in [5, 5.41) is 7.86. The summed E-state index contributed by atoms with van der Waals surface area (Å²) in [6.07, 6.45) is -0.0770. The molecule has 1 aliphatic carbocycles. The number of halogens is 2. The highest BCUT2D eigenvalue weighted by Gasteiger charge is 2.56. The summed E-state index contributed by atoms with van der Waals surface area (Å²) >= 11 is 1.08. The summed E-state index contributed by atoms with van der Waals surface area (Å²) < 4.78 is 24.6. The SMILES string of the molecule is CC(SCC1CC1(F)F)C(=O)O. The second kappa shape index (κ2) is 3.20. The van der Waals surface area contributed by atoms with Gasteiger partial charge >= 0.3 is 5.97 Å². The van der Waals surface area contributed by atoms with Crippen LogP contribution in [0.25, 0.3) is 0 Å². The quantitative estimate of drug-likeness (QED) is 0.745. The van der Waals surface area contributed by atoms with Crippen molar-refractivity contribution in [2.75, 3.05) is 5.75 Å². The first-order valence-electron chi connectivity index (χ1n) is 3.65. The van der Waals surface area contributed by atoms with Gasteiger partial charge in [-0.3, -0.25) is 4.79 Å². The summed E-state index contributed by atoms with van der Waals surface area (Å²) in [5.74, 6) is -3.81. The maximum Gasteiger partial charge on any atom is 0.316 e. The van der Waals surface area contributed by atoms with Crippen LogP contribution in [-0.2, 0) is 4.79 Å². The van der Waals surface area contributed by atoms with Gasteiger partial charge in [0, 0.05) is 18.1 Å². The molecule has 5 heteroatoms. The van der Waals surface area contributed by atoms with Crippen LogP contribution in [0.15, 0.2) is 0 Å². The fraction of sp³-hybridized carbons (Fsp3) is 0.857. The van der Waals surface area contributed by atoms with Crippen molar-refractivity contribution < 1.29 is 18.7 Å². The standard InChI is InChI=1S/C7H10F2O2S/c1-4(6(10)11)12-3-5-2-7(5,8)9/h4-5H,2-3H2,1H3,(H,10,11). The van der Waals surface area contributed by atoms with E-state index in [-0.39, 0.29) is 12.2 Å². The third kappa shape index (κ3) is 2.33. The van der Waals surface area contributed by atoms with E-state index in [9.17, 15) is 13.6 Å². The molecule has 0 saturated heterocycles. The Kier molecular flexibility index (Phi) is 2.61. The van der Waals surface area contributed by atoms with E-state index in [1.54, 1.807) is 0 Å². The molecule has 1 rings (SSSR count). The summed E-state index contributed by atoms with van der Waals surface area (Å²) in [6.45, 7) is 1.51. The minimum absolute atomic E-state index is 0.0770. The Hall–Kier alpha value is -0.320. The highest BCUT2D eigenvalue weighted by molar-refractivity contribution is 8.00. The van der Waals surface area contributed by atoms with Crippen LogP contribution in [0.2, 0.25) is 0 Å². The predicted octanol–water partition coefficient (Wildman–Crippen LogP) is 1.85. The smallest absolute Gasteiger partial charge is 0.316 e. The largest absolute Gasteiger partial charge is 0.480 e. The van der Waals surface area contributed by atoms with Crippen LogP contribution in [0.4, 0.5) is 8.78 Å². The number of hydrogen-bond donors (Lipinski definition) is 1. The minimum Gasteiger partial charge on any atom is -0.480 e. The first-order valence-corrected chi connectivity index (χ1v) is 4.70. The monoisotopic (exact) mass is 196 g/mol. The zero-order chi connectivity index (χ0) is 9.35. The van der Waals surface area contributed by atoms with Gasteiger partial charge in [-0.05, 0) is 6.92 Å². The van der Waals surface area contributed by atoms with E-state index in [0.29, 0.717) is 0 Å². The molecule has 0 bridgehead atoms. The number of carboxylic acids is 1. The number of rotatable bonds is 4. The molecule has 2 nitrogen and oxygen atoms in total. The molecule has 0 aliphatic heterocycles. The van der Waals surface area contributed by atoms with Gasteiger partial charge in [-0.25, -0.2) is 8.78 Å². The van der Waals surface area contributed by atoms with Crippen LogP contribution in [0, 0.1) is 5.92 Å². The van der Waals surface area contributed by atoms with Gasteiger partial charge in [-0.1, -0.05) is 0 Å². The molecular weight excluding hydrogens is 186 g/mol. The molecular formula is C7H10F2O2S. The van der Waals surface area contributed by atoms with Crippen molar-refractivity contribution in [1.29, 1.82) is 0 Å². The van der Waals surface area contributed by atoms with Gasteiger partial charge in [0.1, 0.15) is 0 Å². The molecule has 0 amide bonds. The van der Waals surface area contributed by atoms with Crippen molar-refractivity contribution in [1.82, 2.24) is 0 Å². The molecule has 1 saturated carbocycles. The minimum atomic E-state index is -2.52. The molecule has 70 valence electrons. The lowest BCUT2D eigenvalue weighted by atomic mass is 10.5. The van der Waals surface area contributed by atoms with E-state index in [0.717, 1.165) is 11.8 Å². The number of thioether (sulfide) groups is 1. The molecule has 2 unspecified atom stereocenters. The van der Waals surface area contributed by atoms with Gasteiger partial charge in [0.25, 0.3) is 5.92 Å². The Balaban J connectivity index is 2.15. The Bertz CT molecular complexity index is 196. The van der Waals surface area contributed by atoms with Crippen molar-refractivity contribution in [3.05, 3.63) is 0 Å². The second-order valence-corrected chi connectivity index (χ2v) is 4.35. The van der Waals surface area contributed by atoms with Crippen LogP contribution >= 0.6 is 11.8 Å². The highest BCUT2D eigenvalue weighted by atomic mass is 32.2. The molecule has 0 radical (unpaired) electrons. The van der Waals surface area contributed by atoms with Gasteiger partial charge in [-0.15, -0.1) is 11.8 Å². The molecule has 0 aromatic rings. The highest BCUT2D eigenvalue weighted by Crippen LogP contribution is 2.50. The lowest BCUT2D eigenvalue weighted by Crippen LogP contribution is -2.13. The Morgan fingerprint density at radius 1 is 1.83 bits per heavy atom. The van der Waals surface area contributed by atoms with Crippen LogP contribution in [-0.4, -0.2) is 28.0 Å². The average molecular weight is 196 g/mol. The number of carboxylic acid groups (broad SMARTS) is 1. The van der Waals surface area contributed by atoms with E-state index >= 15 is 0 Å². The van der Waals surface area contributed by atoms with Crippen LogP contribution in [0.1, 0.15) is 13.3 Å². The molecule has 1 N–H and O–H groups in total. The van der Waals surface area contributed by atoms with Crippen LogP contribution < -0.4 is 0 Å². The Labute approximate surface area is 73.3 Å². The molecule has 12 heavy (non-hydrogen) atoms. The predicted molar refractivity (Wildman–Crippen MR) is 42.6 cm³/mol. The molecule has 0 spiro atoms. The molecule has 2 atom stereocenters.